The highest BCUT2D eigenvalue weighted by Gasteiger charge is 2.46. The van der Waals surface area contributed by atoms with Crippen molar-refractivity contribution in [2.75, 3.05) is 26.7 Å². The maximum atomic E-state index is 5.93. The smallest absolute Gasteiger partial charge is 0.0895 e. The molecule has 0 saturated carbocycles. The molecule has 2 heterocycles. The third kappa shape index (κ3) is 1.93. The number of nitrogens with zero attached hydrogens (tertiary/aromatic N) is 2. The van der Waals surface area contributed by atoms with Gasteiger partial charge in [0.1, 0.15) is 0 Å². The predicted molar refractivity (Wildman–Crippen MR) is 62.1 cm³/mol. The zero-order valence-electron chi connectivity index (χ0n) is 10.7. The van der Waals surface area contributed by atoms with E-state index in [2.05, 4.69) is 44.5 Å². The SMILES string of the molecule is C[C@@H]1C2OCCN(C)C2CN1C(C)(C)C. The molecule has 2 unspecified atom stereocenters. The van der Waals surface area contributed by atoms with Crippen LogP contribution < -0.4 is 0 Å². The summed E-state index contributed by atoms with van der Waals surface area (Å²) >= 11 is 0. The van der Waals surface area contributed by atoms with Crippen LogP contribution in [-0.2, 0) is 4.74 Å². The molecule has 2 rings (SSSR count). The van der Waals surface area contributed by atoms with Crippen molar-refractivity contribution in [2.24, 2.45) is 0 Å². The van der Waals surface area contributed by atoms with Gasteiger partial charge >= 0.3 is 0 Å². The van der Waals surface area contributed by atoms with Crippen LogP contribution in [0.5, 0.6) is 0 Å². The van der Waals surface area contributed by atoms with E-state index in [1.807, 2.05) is 0 Å². The molecule has 0 aromatic heterocycles. The van der Waals surface area contributed by atoms with Crippen molar-refractivity contribution in [3.8, 4) is 0 Å². The first kappa shape index (κ1) is 11.4. The van der Waals surface area contributed by atoms with Crippen molar-refractivity contribution in [3.63, 3.8) is 0 Å². The van der Waals surface area contributed by atoms with Gasteiger partial charge in [0.25, 0.3) is 0 Å². The lowest BCUT2D eigenvalue weighted by atomic mass is 10.0. The van der Waals surface area contributed by atoms with Crippen molar-refractivity contribution >= 4 is 0 Å². The van der Waals surface area contributed by atoms with Crippen molar-refractivity contribution in [3.05, 3.63) is 0 Å². The second kappa shape index (κ2) is 3.72. The molecule has 0 radical (unpaired) electrons. The van der Waals surface area contributed by atoms with Crippen molar-refractivity contribution in [1.82, 2.24) is 9.80 Å². The van der Waals surface area contributed by atoms with Crippen molar-refractivity contribution in [1.29, 1.82) is 0 Å². The summed E-state index contributed by atoms with van der Waals surface area (Å²) in [4.78, 5) is 5.03. The molecular weight excluding hydrogens is 188 g/mol. The molecule has 3 atom stereocenters. The fraction of sp³-hybridized carbons (Fsp3) is 1.00. The zero-order chi connectivity index (χ0) is 11.2. The van der Waals surface area contributed by atoms with E-state index < -0.39 is 0 Å². The largest absolute Gasteiger partial charge is 0.374 e. The molecule has 0 aromatic rings. The number of morpholine rings is 1. The van der Waals surface area contributed by atoms with Crippen LogP contribution in [0, 0.1) is 0 Å². The van der Waals surface area contributed by atoms with Gasteiger partial charge in [-0.3, -0.25) is 9.80 Å². The van der Waals surface area contributed by atoms with Gasteiger partial charge in [-0.2, -0.15) is 0 Å². The average Bonchev–Trinajstić information content (AvgIpc) is 2.45. The lowest BCUT2D eigenvalue weighted by Crippen LogP contribution is -2.50. The Balaban J connectivity index is 2.15. The first-order chi connectivity index (χ1) is 6.91. The molecule has 2 saturated heterocycles. The third-order valence-electron chi connectivity index (χ3n) is 3.91. The maximum Gasteiger partial charge on any atom is 0.0895 e. The monoisotopic (exact) mass is 212 g/mol. The number of fused-ring (bicyclic) bond motifs is 1. The summed E-state index contributed by atoms with van der Waals surface area (Å²) in [6.07, 6.45) is 0.406. The fourth-order valence-electron chi connectivity index (χ4n) is 2.99. The number of rotatable bonds is 0. The highest BCUT2D eigenvalue weighted by atomic mass is 16.5. The topological polar surface area (TPSA) is 15.7 Å². The molecule has 0 N–H and O–H groups in total. The molecule has 2 aliphatic heterocycles. The van der Waals surface area contributed by atoms with Gasteiger partial charge in [0.05, 0.1) is 12.7 Å². The Morgan fingerprint density at radius 3 is 2.47 bits per heavy atom. The van der Waals surface area contributed by atoms with Crippen molar-refractivity contribution < 1.29 is 4.74 Å². The van der Waals surface area contributed by atoms with E-state index in [1.165, 1.54) is 0 Å². The van der Waals surface area contributed by atoms with Gasteiger partial charge in [-0.25, -0.2) is 0 Å². The average molecular weight is 212 g/mol. The second-order valence-electron chi connectivity index (χ2n) is 5.95. The standard InChI is InChI=1S/C12H24N2O/c1-9-11-10(13(5)6-7-15-11)8-14(9)12(2,3)4/h9-11H,6-8H2,1-5H3/t9-,10?,11?/m1/s1. The fourth-order valence-corrected chi connectivity index (χ4v) is 2.99. The van der Waals surface area contributed by atoms with Gasteiger partial charge in [0, 0.05) is 30.7 Å². The summed E-state index contributed by atoms with van der Waals surface area (Å²) in [5.74, 6) is 0. The van der Waals surface area contributed by atoms with Gasteiger partial charge in [-0.1, -0.05) is 0 Å². The second-order valence-corrected chi connectivity index (χ2v) is 5.95. The molecule has 0 aromatic carbocycles. The summed E-state index contributed by atoms with van der Waals surface area (Å²) in [7, 11) is 2.22. The van der Waals surface area contributed by atoms with Gasteiger partial charge < -0.3 is 4.74 Å². The zero-order valence-corrected chi connectivity index (χ0v) is 10.7. The van der Waals surface area contributed by atoms with Gasteiger partial charge in [-0.05, 0) is 34.7 Å². The van der Waals surface area contributed by atoms with Crippen LogP contribution in [-0.4, -0.2) is 60.3 Å². The van der Waals surface area contributed by atoms with E-state index >= 15 is 0 Å². The van der Waals surface area contributed by atoms with E-state index in [0.29, 0.717) is 18.2 Å². The van der Waals surface area contributed by atoms with E-state index in [9.17, 15) is 0 Å². The van der Waals surface area contributed by atoms with Crippen LogP contribution in [0.3, 0.4) is 0 Å². The van der Waals surface area contributed by atoms with Crippen LogP contribution in [0.15, 0.2) is 0 Å². The molecule has 2 fully saturated rings. The highest BCUT2D eigenvalue weighted by molar-refractivity contribution is 5.02. The molecule has 88 valence electrons. The molecule has 0 spiro atoms. The molecule has 0 aliphatic carbocycles. The predicted octanol–water partition coefficient (Wildman–Crippen LogP) is 1.19. The minimum atomic E-state index is 0.251. The molecule has 0 amide bonds. The summed E-state index contributed by atoms with van der Waals surface area (Å²) in [5, 5.41) is 0. The summed E-state index contributed by atoms with van der Waals surface area (Å²) in [5.41, 5.74) is 0.251. The summed E-state index contributed by atoms with van der Waals surface area (Å²) in [6.45, 7) is 12.3. The van der Waals surface area contributed by atoms with E-state index in [0.717, 1.165) is 19.7 Å². The van der Waals surface area contributed by atoms with Crippen LogP contribution in [0.1, 0.15) is 27.7 Å². The van der Waals surface area contributed by atoms with E-state index in [1.54, 1.807) is 0 Å². The molecule has 3 nitrogen and oxygen atoms in total. The van der Waals surface area contributed by atoms with Crippen molar-refractivity contribution in [2.45, 2.75) is 51.4 Å². The normalized spacial score (nSPS) is 39.4. The lowest BCUT2D eigenvalue weighted by Gasteiger charge is -2.36. The quantitative estimate of drug-likeness (QED) is 0.600. The van der Waals surface area contributed by atoms with Gasteiger partial charge in [-0.15, -0.1) is 0 Å². The molecule has 0 bridgehead atoms. The molecule has 2 aliphatic rings. The highest BCUT2D eigenvalue weighted by Crippen LogP contribution is 2.32. The maximum absolute atomic E-state index is 5.93. The Kier molecular flexibility index (Phi) is 2.82. The first-order valence-corrected chi connectivity index (χ1v) is 6.00. The molecular formula is C12H24N2O. The Bertz CT molecular complexity index is 236. The number of likely N-dealkylation sites (N-methyl/N-ethyl adjacent to an activating group) is 1. The lowest BCUT2D eigenvalue weighted by molar-refractivity contribution is -0.0533. The van der Waals surface area contributed by atoms with E-state index in [4.69, 9.17) is 4.74 Å². The Morgan fingerprint density at radius 2 is 1.93 bits per heavy atom. The minimum Gasteiger partial charge on any atom is -0.374 e. The summed E-state index contributed by atoms with van der Waals surface area (Å²) in [6, 6.07) is 1.13. The first-order valence-electron chi connectivity index (χ1n) is 6.00. The number of hydrogen-bond donors (Lipinski definition) is 0. The Morgan fingerprint density at radius 1 is 1.27 bits per heavy atom. The minimum absolute atomic E-state index is 0.251. The summed E-state index contributed by atoms with van der Waals surface area (Å²) < 4.78 is 5.93. The third-order valence-corrected chi connectivity index (χ3v) is 3.91. The Labute approximate surface area is 93.4 Å². The van der Waals surface area contributed by atoms with Gasteiger partial charge in [0.2, 0.25) is 0 Å². The van der Waals surface area contributed by atoms with Crippen LogP contribution >= 0.6 is 0 Å². The van der Waals surface area contributed by atoms with Crippen LogP contribution in [0.2, 0.25) is 0 Å². The van der Waals surface area contributed by atoms with E-state index in [-0.39, 0.29) is 5.54 Å². The number of hydrogen-bond acceptors (Lipinski definition) is 3. The number of likely N-dealkylation sites (tertiary alicyclic amines) is 1. The molecule has 3 heteroatoms. The van der Waals surface area contributed by atoms with Crippen LogP contribution in [0.4, 0.5) is 0 Å². The molecule has 15 heavy (non-hydrogen) atoms. The number of ether oxygens (including phenoxy) is 1. The van der Waals surface area contributed by atoms with Gasteiger partial charge in [0.15, 0.2) is 0 Å². The Hall–Kier alpha value is -0.120. The van der Waals surface area contributed by atoms with Crippen LogP contribution in [0.25, 0.3) is 0 Å².